The highest BCUT2D eigenvalue weighted by atomic mass is 32.2. The van der Waals surface area contributed by atoms with E-state index in [1.807, 2.05) is 25.1 Å². The summed E-state index contributed by atoms with van der Waals surface area (Å²) in [5.74, 6) is 1.29. The van der Waals surface area contributed by atoms with E-state index >= 15 is 0 Å². The van der Waals surface area contributed by atoms with Crippen LogP contribution >= 0.6 is 0 Å². The molecule has 1 aromatic carbocycles. The highest BCUT2D eigenvalue weighted by molar-refractivity contribution is 7.92. The normalized spacial score (nSPS) is 30.6. The molecule has 2 nitrogen and oxygen atoms in total. The van der Waals surface area contributed by atoms with Crippen molar-refractivity contribution < 1.29 is 8.42 Å². The SMILES string of the molecule is C=C[C@H]1C(=C(C)C)[C@H]2CC(S(=O)(=O)c3ccc(C)cc3)C[C@H]21. The smallest absolute Gasteiger partial charge is 0.181 e. The molecule has 4 atom stereocenters. The van der Waals surface area contributed by atoms with Crippen LogP contribution in [0.3, 0.4) is 0 Å². The van der Waals surface area contributed by atoms with Gasteiger partial charge in [-0.15, -0.1) is 6.58 Å². The highest BCUT2D eigenvalue weighted by Crippen LogP contribution is 2.58. The van der Waals surface area contributed by atoms with Gasteiger partial charge in [0.25, 0.3) is 0 Å². The Morgan fingerprint density at radius 1 is 1.18 bits per heavy atom. The molecule has 118 valence electrons. The van der Waals surface area contributed by atoms with E-state index in [4.69, 9.17) is 0 Å². The molecule has 1 aromatic rings. The van der Waals surface area contributed by atoms with Crippen molar-refractivity contribution in [1.29, 1.82) is 0 Å². The van der Waals surface area contributed by atoms with E-state index < -0.39 is 9.84 Å². The van der Waals surface area contributed by atoms with Crippen molar-refractivity contribution in [3.8, 4) is 0 Å². The number of hydrogen-bond acceptors (Lipinski definition) is 2. The molecule has 2 saturated carbocycles. The molecule has 0 heterocycles. The average Bonchev–Trinajstić information content (AvgIpc) is 2.80. The van der Waals surface area contributed by atoms with E-state index in [1.54, 1.807) is 12.1 Å². The summed E-state index contributed by atoms with van der Waals surface area (Å²) in [7, 11) is -3.22. The van der Waals surface area contributed by atoms with Gasteiger partial charge >= 0.3 is 0 Å². The van der Waals surface area contributed by atoms with Crippen LogP contribution < -0.4 is 0 Å². The topological polar surface area (TPSA) is 34.1 Å². The molecule has 0 aromatic heterocycles. The zero-order chi connectivity index (χ0) is 16.1. The molecule has 0 N–H and O–H groups in total. The van der Waals surface area contributed by atoms with Gasteiger partial charge < -0.3 is 0 Å². The molecule has 2 aliphatic rings. The zero-order valence-corrected chi connectivity index (χ0v) is 14.4. The van der Waals surface area contributed by atoms with E-state index in [-0.39, 0.29) is 5.25 Å². The number of benzene rings is 1. The molecule has 2 aliphatic carbocycles. The third kappa shape index (κ3) is 2.26. The average molecular weight is 316 g/mol. The minimum absolute atomic E-state index is 0.246. The summed E-state index contributed by atoms with van der Waals surface area (Å²) in [6, 6.07) is 7.25. The highest BCUT2D eigenvalue weighted by Gasteiger charge is 2.53. The number of allylic oxidation sites excluding steroid dienone is 3. The second-order valence-electron chi connectivity index (χ2n) is 6.94. The fraction of sp³-hybridized carbons (Fsp3) is 0.474. The Hall–Kier alpha value is -1.35. The number of hydrogen-bond donors (Lipinski definition) is 0. The monoisotopic (exact) mass is 316 g/mol. The molecule has 0 amide bonds. The number of fused-ring (bicyclic) bond motifs is 1. The maximum Gasteiger partial charge on any atom is 0.181 e. The third-order valence-electron chi connectivity index (χ3n) is 5.41. The molecule has 0 saturated heterocycles. The van der Waals surface area contributed by atoms with Crippen molar-refractivity contribution in [2.45, 2.75) is 43.8 Å². The van der Waals surface area contributed by atoms with Crippen LogP contribution in [0.5, 0.6) is 0 Å². The van der Waals surface area contributed by atoms with Gasteiger partial charge in [0.15, 0.2) is 9.84 Å². The van der Waals surface area contributed by atoms with Crippen molar-refractivity contribution in [2.75, 3.05) is 0 Å². The van der Waals surface area contributed by atoms with Gasteiger partial charge in [0, 0.05) is 5.92 Å². The third-order valence-corrected chi connectivity index (χ3v) is 7.60. The Morgan fingerprint density at radius 2 is 1.82 bits per heavy atom. The fourth-order valence-corrected chi connectivity index (χ4v) is 6.15. The van der Waals surface area contributed by atoms with Gasteiger partial charge in [0.2, 0.25) is 0 Å². The first kappa shape index (κ1) is 15.5. The Labute approximate surface area is 133 Å². The van der Waals surface area contributed by atoms with Crippen LogP contribution in [-0.4, -0.2) is 13.7 Å². The molecule has 0 spiro atoms. The second-order valence-corrected chi connectivity index (χ2v) is 9.17. The van der Waals surface area contributed by atoms with E-state index in [0.29, 0.717) is 22.6 Å². The summed E-state index contributed by atoms with van der Waals surface area (Å²) in [5.41, 5.74) is 3.85. The molecule has 0 radical (unpaired) electrons. The van der Waals surface area contributed by atoms with Crippen molar-refractivity contribution >= 4 is 9.84 Å². The minimum atomic E-state index is -3.22. The summed E-state index contributed by atoms with van der Waals surface area (Å²) < 4.78 is 25.8. The maximum absolute atomic E-state index is 12.9. The number of sulfone groups is 1. The van der Waals surface area contributed by atoms with Crippen molar-refractivity contribution in [2.24, 2.45) is 17.8 Å². The Bertz CT molecular complexity index is 721. The predicted molar refractivity (Wildman–Crippen MR) is 90.4 cm³/mol. The van der Waals surface area contributed by atoms with Gasteiger partial charge in [-0.2, -0.15) is 0 Å². The minimum Gasteiger partial charge on any atom is -0.223 e. The van der Waals surface area contributed by atoms with E-state index in [0.717, 1.165) is 18.4 Å². The van der Waals surface area contributed by atoms with Crippen LogP contribution in [0.1, 0.15) is 32.3 Å². The predicted octanol–water partition coefficient (Wildman–Crippen LogP) is 4.32. The molecule has 2 fully saturated rings. The van der Waals surface area contributed by atoms with Crippen LogP contribution in [-0.2, 0) is 9.84 Å². The molecule has 3 heteroatoms. The lowest BCUT2D eigenvalue weighted by atomic mass is 9.61. The first-order valence-electron chi connectivity index (χ1n) is 7.96. The van der Waals surface area contributed by atoms with Crippen molar-refractivity contribution in [3.63, 3.8) is 0 Å². The number of rotatable bonds is 3. The van der Waals surface area contributed by atoms with Crippen LogP contribution in [0.4, 0.5) is 0 Å². The first-order chi connectivity index (χ1) is 10.4. The standard InChI is InChI=1S/C19H24O2S/c1-5-16-17-10-15(11-18(17)19(16)12(2)3)22(20,21)14-8-6-13(4)7-9-14/h5-9,15-18H,1,10-11H2,2-4H3/t15?,16-,17+,18+/m1/s1. The van der Waals surface area contributed by atoms with Gasteiger partial charge in [0.1, 0.15) is 0 Å². The van der Waals surface area contributed by atoms with Crippen molar-refractivity contribution in [3.05, 3.63) is 53.6 Å². The quantitative estimate of drug-likeness (QED) is 0.778. The van der Waals surface area contributed by atoms with E-state index in [2.05, 4.69) is 20.4 Å². The lowest BCUT2D eigenvalue weighted by Crippen LogP contribution is -2.35. The molecule has 1 unspecified atom stereocenters. The van der Waals surface area contributed by atoms with Gasteiger partial charge in [-0.25, -0.2) is 8.42 Å². The first-order valence-corrected chi connectivity index (χ1v) is 9.51. The van der Waals surface area contributed by atoms with Gasteiger partial charge in [-0.1, -0.05) is 34.9 Å². The molecule has 0 aliphatic heterocycles. The van der Waals surface area contributed by atoms with Crippen LogP contribution in [0.15, 0.2) is 53.0 Å². The zero-order valence-electron chi connectivity index (χ0n) is 13.5. The Morgan fingerprint density at radius 3 is 2.36 bits per heavy atom. The van der Waals surface area contributed by atoms with Crippen LogP contribution in [0, 0.1) is 24.7 Å². The summed E-state index contributed by atoms with van der Waals surface area (Å²) in [4.78, 5) is 0.471. The molecular weight excluding hydrogens is 292 g/mol. The van der Waals surface area contributed by atoms with Crippen molar-refractivity contribution in [1.82, 2.24) is 0 Å². The van der Waals surface area contributed by atoms with Gasteiger partial charge in [-0.05, 0) is 57.6 Å². The summed E-state index contributed by atoms with van der Waals surface area (Å²) in [5, 5.41) is -0.246. The lowest BCUT2D eigenvalue weighted by Gasteiger charge is -2.43. The van der Waals surface area contributed by atoms with Crippen LogP contribution in [0.2, 0.25) is 0 Å². The van der Waals surface area contributed by atoms with E-state index in [9.17, 15) is 8.42 Å². The van der Waals surface area contributed by atoms with Crippen LogP contribution in [0.25, 0.3) is 0 Å². The fourth-order valence-electron chi connectivity index (χ4n) is 4.32. The molecule has 0 bridgehead atoms. The second kappa shape index (κ2) is 5.38. The van der Waals surface area contributed by atoms with Gasteiger partial charge in [0.05, 0.1) is 10.1 Å². The van der Waals surface area contributed by atoms with Gasteiger partial charge in [-0.3, -0.25) is 0 Å². The van der Waals surface area contributed by atoms with E-state index in [1.165, 1.54) is 11.1 Å². The number of aryl methyl sites for hydroxylation is 1. The molecule has 3 rings (SSSR count). The largest absolute Gasteiger partial charge is 0.223 e. The Balaban J connectivity index is 1.88. The molecule has 22 heavy (non-hydrogen) atoms. The lowest BCUT2D eigenvalue weighted by molar-refractivity contribution is 0.248. The summed E-state index contributed by atoms with van der Waals surface area (Å²) in [6.07, 6.45) is 3.55. The maximum atomic E-state index is 12.9. The molecular formula is C19H24O2S. The Kier molecular flexibility index (Phi) is 3.80. The summed E-state index contributed by atoms with van der Waals surface area (Å²) in [6.45, 7) is 10.2. The summed E-state index contributed by atoms with van der Waals surface area (Å²) >= 11 is 0.